The number of aliphatic hydroxyl groups excluding tert-OH is 1. The molecule has 0 spiro atoms. The van der Waals surface area contributed by atoms with E-state index in [9.17, 15) is 9.90 Å². The zero-order chi connectivity index (χ0) is 21.8. The van der Waals surface area contributed by atoms with Crippen LogP contribution < -0.4 is 5.32 Å². The minimum absolute atomic E-state index is 0.0230. The number of allylic oxidation sites excluding steroid dienone is 1. The standard InChI is InChI=1S/C27H38N2O2/c1-17(25(31)29-19-10-14-28-15-11-19)22-6-7-23-21-5-4-18-16-20(30)8-12-26(18,2)24(21)9-13-27(22,23)3/h4,10-11,14-15,17,20-24,30H,5-9,12-13,16H2,1-3H3,(H,28,29,31)/t17?,20-,21-,22+,23-,24-,26-,27+/m0/s1. The Kier molecular flexibility index (Phi) is 5.28. The minimum Gasteiger partial charge on any atom is -0.393 e. The molecule has 4 heteroatoms. The molecule has 0 aromatic carbocycles. The fourth-order valence-corrected chi connectivity index (χ4v) is 8.38. The maximum absolute atomic E-state index is 13.1. The van der Waals surface area contributed by atoms with Crippen molar-refractivity contribution in [3.05, 3.63) is 36.2 Å². The molecule has 5 rings (SSSR count). The van der Waals surface area contributed by atoms with Crippen LogP contribution in [0.4, 0.5) is 5.69 Å². The normalized spacial score (nSPS) is 42.6. The van der Waals surface area contributed by atoms with Gasteiger partial charge in [0.2, 0.25) is 5.91 Å². The number of hydrogen-bond acceptors (Lipinski definition) is 3. The SMILES string of the molecule is CC(C(=O)Nc1ccncc1)[C@H]1CC[C@H]2[C@@H]3CC=C4C[C@@H](O)CC[C@]4(C)[C@H]3CC[C@]12C. The van der Waals surface area contributed by atoms with Gasteiger partial charge in [-0.25, -0.2) is 0 Å². The van der Waals surface area contributed by atoms with Gasteiger partial charge in [-0.1, -0.05) is 32.4 Å². The Bertz CT molecular complexity index is 867. The van der Waals surface area contributed by atoms with Crippen LogP contribution in [0, 0.1) is 40.4 Å². The number of carbonyl (C=O) groups is 1. The summed E-state index contributed by atoms with van der Waals surface area (Å²) in [6, 6.07) is 3.73. The number of carbonyl (C=O) groups excluding carboxylic acids is 1. The highest BCUT2D eigenvalue weighted by Crippen LogP contribution is 2.67. The van der Waals surface area contributed by atoms with Gasteiger partial charge in [0.25, 0.3) is 0 Å². The lowest BCUT2D eigenvalue weighted by atomic mass is 9.47. The number of fused-ring (bicyclic) bond motifs is 5. The lowest BCUT2D eigenvalue weighted by Gasteiger charge is -2.58. The van der Waals surface area contributed by atoms with Gasteiger partial charge in [0.15, 0.2) is 0 Å². The van der Waals surface area contributed by atoms with Crippen LogP contribution in [-0.2, 0) is 4.79 Å². The summed E-state index contributed by atoms with van der Waals surface area (Å²) in [6.07, 6.45) is 14.9. The second-order valence-corrected chi connectivity index (χ2v) is 11.4. The molecule has 4 aliphatic rings. The van der Waals surface area contributed by atoms with Crippen molar-refractivity contribution >= 4 is 11.6 Å². The first-order valence-electron chi connectivity index (χ1n) is 12.4. The zero-order valence-corrected chi connectivity index (χ0v) is 19.3. The van der Waals surface area contributed by atoms with Crippen LogP contribution in [0.2, 0.25) is 0 Å². The van der Waals surface area contributed by atoms with E-state index in [1.807, 2.05) is 12.1 Å². The molecule has 1 aromatic heterocycles. The van der Waals surface area contributed by atoms with Crippen molar-refractivity contribution in [3.63, 3.8) is 0 Å². The fourth-order valence-electron chi connectivity index (χ4n) is 8.38. The van der Waals surface area contributed by atoms with Crippen LogP contribution in [0.3, 0.4) is 0 Å². The fraction of sp³-hybridized carbons (Fsp3) is 0.704. The predicted molar refractivity (Wildman–Crippen MR) is 123 cm³/mol. The molecule has 3 saturated carbocycles. The maximum atomic E-state index is 13.1. The van der Waals surface area contributed by atoms with Crippen LogP contribution in [0.25, 0.3) is 0 Å². The largest absolute Gasteiger partial charge is 0.393 e. The number of nitrogens with zero attached hydrogens (tertiary/aromatic N) is 1. The molecule has 31 heavy (non-hydrogen) atoms. The summed E-state index contributed by atoms with van der Waals surface area (Å²) in [5.74, 6) is 2.83. The molecule has 0 saturated heterocycles. The summed E-state index contributed by atoms with van der Waals surface area (Å²) in [5, 5.41) is 13.3. The lowest BCUT2D eigenvalue weighted by Crippen LogP contribution is -2.51. The van der Waals surface area contributed by atoms with Crippen molar-refractivity contribution in [1.29, 1.82) is 0 Å². The van der Waals surface area contributed by atoms with E-state index in [4.69, 9.17) is 0 Å². The molecule has 8 atom stereocenters. The third kappa shape index (κ3) is 3.37. The molecule has 1 amide bonds. The molecule has 3 fully saturated rings. The third-order valence-corrected chi connectivity index (χ3v) is 10.1. The van der Waals surface area contributed by atoms with Crippen molar-refractivity contribution in [2.24, 2.45) is 40.4 Å². The first kappa shape index (κ1) is 21.2. The van der Waals surface area contributed by atoms with E-state index in [0.717, 1.165) is 36.8 Å². The summed E-state index contributed by atoms with van der Waals surface area (Å²) in [6.45, 7) is 7.12. The highest BCUT2D eigenvalue weighted by atomic mass is 16.3. The highest BCUT2D eigenvalue weighted by molar-refractivity contribution is 5.92. The second-order valence-electron chi connectivity index (χ2n) is 11.4. The maximum Gasteiger partial charge on any atom is 0.227 e. The molecular weight excluding hydrogens is 384 g/mol. The van der Waals surface area contributed by atoms with Crippen molar-refractivity contribution in [3.8, 4) is 0 Å². The number of rotatable bonds is 3. The monoisotopic (exact) mass is 422 g/mol. The van der Waals surface area contributed by atoms with Gasteiger partial charge in [-0.15, -0.1) is 0 Å². The van der Waals surface area contributed by atoms with Crippen LogP contribution in [0.5, 0.6) is 0 Å². The quantitative estimate of drug-likeness (QED) is 0.624. The number of aliphatic hydroxyl groups is 1. The van der Waals surface area contributed by atoms with Gasteiger partial charge in [0.05, 0.1) is 6.10 Å². The Morgan fingerprint density at radius 1 is 1.13 bits per heavy atom. The van der Waals surface area contributed by atoms with E-state index in [0.29, 0.717) is 11.8 Å². The predicted octanol–water partition coefficient (Wildman–Crippen LogP) is 5.60. The number of nitrogens with one attached hydrogen (secondary N) is 1. The van der Waals surface area contributed by atoms with Gasteiger partial charge in [0, 0.05) is 24.0 Å². The summed E-state index contributed by atoms with van der Waals surface area (Å²) >= 11 is 0. The minimum atomic E-state index is -0.139. The van der Waals surface area contributed by atoms with E-state index < -0.39 is 0 Å². The van der Waals surface area contributed by atoms with E-state index in [-0.39, 0.29) is 28.8 Å². The van der Waals surface area contributed by atoms with Crippen molar-refractivity contribution in [2.45, 2.75) is 78.2 Å². The summed E-state index contributed by atoms with van der Waals surface area (Å²) in [4.78, 5) is 17.2. The van der Waals surface area contributed by atoms with Crippen LogP contribution in [0.15, 0.2) is 36.2 Å². The second kappa shape index (κ2) is 7.72. The molecule has 1 heterocycles. The molecule has 4 aliphatic carbocycles. The van der Waals surface area contributed by atoms with Gasteiger partial charge >= 0.3 is 0 Å². The Labute approximate surface area is 186 Å². The number of amides is 1. The molecule has 0 aliphatic heterocycles. The van der Waals surface area contributed by atoms with Crippen molar-refractivity contribution in [2.75, 3.05) is 5.32 Å². The number of pyridine rings is 1. The Morgan fingerprint density at radius 2 is 1.90 bits per heavy atom. The average molecular weight is 423 g/mol. The van der Waals surface area contributed by atoms with Gasteiger partial charge in [-0.05, 0) is 98.0 Å². The zero-order valence-electron chi connectivity index (χ0n) is 19.3. The first-order valence-corrected chi connectivity index (χ1v) is 12.4. The molecular formula is C27H38N2O2. The van der Waals surface area contributed by atoms with Crippen LogP contribution >= 0.6 is 0 Å². The highest BCUT2D eigenvalue weighted by Gasteiger charge is 2.59. The Hall–Kier alpha value is -1.68. The average Bonchev–Trinajstić information content (AvgIpc) is 3.11. The Morgan fingerprint density at radius 3 is 2.68 bits per heavy atom. The van der Waals surface area contributed by atoms with Crippen LogP contribution in [-0.4, -0.2) is 22.1 Å². The van der Waals surface area contributed by atoms with Crippen LogP contribution in [0.1, 0.15) is 72.1 Å². The molecule has 0 radical (unpaired) electrons. The van der Waals surface area contributed by atoms with Gasteiger partial charge in [0.1, 0.15) is 0 Å². The molecule has 1 unspecified atom stereocenters. The topological polar surface area (TPSA) is 62.2 Å². The third-order valence-electron chi connectivity index (χ3n) is 10.1. The number of hydrogen-bond donors (Lipinski definition) is 2. The van der Waals surface area contributed by atoms with E-state index in [2.05, 4.69) is 37.1 Å². The molecule has 4 nitrogen and oxygen atoms in total. The smallest absolute Gasteiger partial charge is 0.227 e. The first-order chi connectivity index (χ1) is 14.8. The van der Waals surface area contributed by atoms with E-state index in [1.165, 1.54) is 37.7 Å². The van der Waals surface area contributed by atoms with E-state index in [1.54, 1.807) is 12.4 Å². The summed E-state index contributed by atoms with van der Waals surface area (Å²) in [7, 11) is 0. The van der Waals surface area contributed by atoms with E-state index >= 15 is 0 Å². The van der Waals surface area contributed by atoms with Crippen molar-refractivity contribution in [1.82, 2.24) is 4.98 Å². The molecule has 0 bridgehead atoms. The number of anilines is 1. The van der Waals surface area contributed by atoms with Crippen molar-refractivity contribution < 1.29 is 9.90 Å². The van der Waals surface area contributed by atoms with Gasteiger partial charge in [-0.3, -0.25) is 9.78 Å². The van der Waals surface area contributed by atoms with Gasteiger partial charge < -0.3 is 10.4 Å². The summed E-state index contributed by atoms with van der Waals surface area (Å²) in [5.41, 5.74) is 2.92. The molecule has 168 valence electrons. The lowest BCUT2D eigenvalue weighted by molar-refractivity contribution is -0.124. The summed E-state index contributed by atoms with van der Waals surface area (Å²) < 4.78 is 0. The molecule has 2 N–H and O–H groups in total. The molecule has 1 aromatic rings. The Balaban J connectivity index is 1.35. The van der Waals surface area contributed by atoms with Gasteiger partial charge in [-0.2, -0.15) is 0 Å². The number of aromatic nitrogens is 1.